The standard InChI is InChI=1S/C12H13ClN2O4/c1-19-11(17)7-14-10(16)6-15-12(18)8-2-4-9(13)5-3-8/h2-5H,6-7H2,1H3,(H,14,16)(H,15,18). The predicted octanol–water partition coefficient (Wildman–Crippen LogP) is 0.359. The molecular formula is C12H13ClN2O4. The Labute approximate surface area is 115 Å². The van der Waals surface area contributed by atoms with Crippen LogP contribution in [0.1, 0.15) is 10.4 Å². The molecule has 1 aromatic rings. The first-order valence-electron chi connectivity index (χ1n) is 5.40. The van der Waals surface area contributed by atoms with E-state index in [4.69, 9.17) is 11.6 Å². The molecule has 1 aromatic carbocycles. The summed E-state index contributed by atoms with van der Waals surface area (Å²) in [6.07, 6.45) is 0. The van der Waals surface area contributed by atoms with Gasteiger partial charge in [0.15, 0.2) is 0 Å². The normalized spacial score (nSPS) is 9.58. The van der Waals surface area contributed by atoms with E-state index in [9.17, 15) is 14.4 Å². The fourth-order valence-electron chi connectivity index (χ4n) is 1.17. The lowest BCUT2D eigenvalue weighted by atomic mass is 10.2. The van der Waals surface area contributed by atoms with Gasteiger partial charge >= 0.3 is 5.97 Å². The van der Waals surface area contributed by atoms with Gasteiger partial charge in [0.1, 0.15) is 6.54 Å². The maximum absolute atomic E-state index is 11.6. The molecule has 0 unspecified atom stereocenters. The highest BCUT2D eigenvalue weighted by Crippen LogP contribution is 2.08. The summed E-state index contributed by atoms with van der Waals surface area (Å²) in [6, 6.07) is 6.25. The Morgan fingerprint density at radius 2 is 1.74 bits per heavy atom. The third kappa shape index (κ3) is 5.39. The van der Waals surface area contributed by atoms with E-state index in [2.05, 4.69) is 15.4 Å². The fourth-order valence-corrected chi connectivity index (χ4v) is 1.30. The van der Waals surface area contributed by atoms with Crippen molar-refractivity contribution in [1.82, 2.24) is 10.6 Å². The van der Waals surface area contributed by atoms with Crippen LogP contribution in [0, 0.1) is 0 Å². The molecule has 6 nitrogen and oxygen atoms in total. The molecule has 0 aliphatic heterocycles. The van der Waals surface area contributed by atoms with Crippen molar-refractivity contribution in [3.63, 3.8) is 0 Å². The lowest BCUT2D eigenvalue weighted by Crippen LogP contribution is -2.39. The number of hydrogen-bond acceptors (Lipinski definition) is 4. The molecule has 0 aliphatic carbocycles. The van der Waals surface area contributed by atoms with Gasteiger partial charge in [0.2, 0.25) is 5.91 Å². The van der Waals surface area contributed by atoms with Crippen molar-refractivity contribution in [1.29, 1.82) is 0 Å². The Hall–Kier alpha value is -2.08. The van der Waals surface area contributed by atoms with Crippen molar-refractivity contribution < 1.29 is 19.1 Å². The number of amides is 2. The zero-order valence-electron chi connectivity index (χ0n) is 10.2. The quantitative estimate of drug-likeness (QED) is 0.765. The van der Waals surface area contributed by atoms with Crippen molar-refractivity contribution >= 4 is 29.4 Å². The van der Waals surface area contributed by atoms with Gasteiger partial charge in [-0.2, -0.15) is 0 Å². The van der Waals surface area contributed by atoms with Gasteiger partial charge in [-0.25, -0.2) is 0 Å². The summed E-state index contributed by atoms with van der Waals surface area (Å²) in [5.41, 5.74) is 0.394. The Morgan fingerprint density at radius 1 is 1.11 bits per heavy atom. The number of benzene rings is 1. The van der Waals surface area contributed by atoms with E-state index < -0.39 is 17.8 Å². The molecule has 2 amide bonds. The molecule has 1 rings (SSSR count). The number of methoxy groups -OCH3 is 1. The van der Waals surface area contributed by atoms with E-state index in [-0.39, 0.29) is 13.1 Å². The zero-order chi connectivity index (χ0) is 14.3. The highest BCUT2D eigenvalue weighted by Gasteiger charge is 2.09. The largest absolute Gasteiger partial charge is 0.468 e. The molecule has 0 saturated carbocycles. The summed E-state index contributed by atoms with van der Waals surface area (Å²) >= 11 is 5.69. The first kappa shape index (κ1) is 15.0. The minimum absolute atomic E-state index is 0.224. The zero-order valence-corrected chi connectivity index (χ0v) is 11.0. The first-order chi connectivity index (χ1) is 9.02. The number of esters is 1. The van der Waals surface area contributed by atoms with Gasteiger partial charge in [0, 0.05) is 10.6 Å². The van der Waals surface area contributed by atoms with E-state index in [0.29, 0.717) is 10.6 Å². The highest BCUT2D eigenvalue weighted by molar-refractivity contribution is 6.30. The minimum atomic E-state index is -0.558. The maximum atomic E-state index is 11.6. The van der Waals surface area contributed by atoms with E-state index in [1.807, 2.05) is 0 Å². The number of ether oxygens (including phenoxy) is 1. The number of nitrogens with one attached hydrogen (secondary N) is 2. The fraction of sp³-hybridized carbons (Fsp3) is 0.250. The van der Waals surface area contributed by atoms with Crippen LogP contribution in [0.3, 0.4) is 0 Å². The van der Waals surface area contributed by atoms with Crippen LogP contribution in [0.15, 0.2) is 24.3 Å². The van der Waals surface area contributed by atoms with Gasteiger partial charge in [-0.3, -0.25) is 14.4 Å². The van der Waals surface area contributed by atoms with Crippen LogP contribution >= 0.6 is 11.6 Å². The summed E-state index contributed by atoms with van der Waals surface area (Å²) in [7, 11) is 1.22. The van der Waals surface area contributed by atoms with Gasteiger partial charge < -0.3 is 15.4 Å². The Balaban J connectivity index is 2.36. The van der Waals surface area contributed by atoms with E-state index in [1.54, 1.807) is 24.3 Å². The van der Waals surface area contributed by atoms with Gasteiger partial charge in [-0.1, -0.05) is 11.6 Å². The van der Waals surface area contributed by atoms with Gasteiger partial charge in [0.05, 0.1) is 13.7 Å². The molecule has 19 heavy (non-hydrogen) atoms. The second-order valence-electron chi connectivity index (χ2n) is 3.54. The molecule has 0 fully saturated rings. The smallest absolute Gasteiger partial charge is 0.325 e. The monoisotopic (exact) mass is 284 g/mol. The summed E-state index contributed by atoms with van der Waals surface area (Å²) in [6.45, 7) is -0.454. The minimum Gasteiger partial charge on any atom is -0.468 e. The topological polar surface area (TPSA) is 84.5 Å². The molecular weight excluding hydrogens is 272 g/mol. The maximum Gasteiger partial charge on any atom is 0.325 e. The molecule has 0 atom stereocenters. The molecule has 0 aliphatic rings. The van der Waals surface area contributed by atoms with E-state index >= 15 is 0 Å². The van der Waals surface area contributed by atoms with Gasteiger partial charge in [-0.05, 0) is 24.3 Å². The average molecular weight is 285 g/mol. The second-order valence-corrected chi connectivity index (χ2v) is 3.98. The van der Waals surface area contributed by atoms with Crippen LogP contribution in [0.2, 0.25) is 5.02 Å². The lowest BCUT2D eigenvalue weighted by Gasteiger charge is -2.06. The number of carbonyl (C=O) groups excluding carboxylic acids is 3. The molecule has 102 valence electrons. The first-order valence-corrected chi connectivity index (χ1v) is 5.78. The lowest BCUT2D eigenvalue weighted by molar-refractivity contribution is -0.141. The van der Waals surface area contributed by atoms with Crippen molar-refractivity contribution in [3.05, 3.63) is 34.9 Å². The average Bonchev–Trinajstić information content (AvgIpc) is 2.42. The molecule has 2 N–H and O–H groups in total. The number of rotatable bonds is 5. The van der Waals surface area contributed by atoms with Crippen molar-refractivity contribution in [2.45, 2.75) is 0 Å². The molecule has 0 saturated heterocycles. The molecule has 0 radical (unpaired) electrons. The Bertz CT molecular complexity index is 473. The number of halogens is 1. The van der Waals surface area contributed by atoms with Gasteiger partial charge in [0.25, 0.3) is 5.91 Å². The highest BCUT2D eigenvalue weighted by atomic mass is 35.5. The van der Waals surface area contributed by atoms with Crippen LogP contribution < -0.4 is 10.6 Å². The van der Waals surface area contributed by atoms with Crippen LogP contribution in [0.5, 0.6) is 0 Å². The third-order valence-corrected chi connectivity index (χ3v) is 2.43. The van der Waals surface area contributed by atoms with Crippen LogP contribution in [-0.2, 0) is 14.3 Å². The molecule has 0 spiro atoms. The van der Waals surface area contributed by atoms with Gasteiger partial charge in [-0.15, -0.1) is 0 Å². The molecule has 0 aromatic heterocycles. The summed E-state index contributed by atoms with van der Waals surface area (Å²) in [5, 5.41) is 5.23. The number of carbonyl (C=O) groups is 3. The number of hydrogen-bond donors (Lipinski definition) is 2. The van der Waals surface area contributed by atoms with E-state index in [1.165, 1.54) is 7.11 Å². The van der Waals surface area contributed by atoms with Crippen molar-refractivity contribution in [3.8, 4) is 0 Å². The summed E-state index contributed by atoms with van der Waals surface area (Å²) < 4.78 is 4.35. The molecule has 0 heterocycles. The van der Waals surface area contributed by atoms with E-state index in [0.717, 1.165) is 0 Å². The Kier molecular flexibility index (Phi) is 5.81. The summed E-state index contributed by atoms with van der Waals surface area (Å²) in [5.74, 6) is -1.44. The molecule has 0 bridgehead atoms. The van der Waals surface area contributed by atoms with Crippen LogP contribution in [-0.4, -0.2) is 38.0 Å². The van der Waals surface area contributed by atoms with Crippen LogP contribution in [0.25, 0.3) is 0 Å². The summed E-state index contributed by atoms with van der Waals surface area (Å²) in [4.78, 5) is 33.7. The SMILES string of the molecule is COC(=O)CNC(=O)CNC(=O)c1ccc(Cl)cc1. The van der Waals surface area contributed by atoms with Crippen LogP contribution in [0.4, 0.5) is 0 Å². The van der Waals surface area contributed by atoms with Crippen molar-refractivity contribution in [2.24, 2.45) is 0 Å². The predicted molar refractivity (Wildman–Crippen MR) is 68.8 cm³/mol. The Morgan fingerprint density at radius 3 is 2.32 bits per heavy atom. The van der Waals surface area contributed by atoms with Crippen molar-refractivity contribution in [2.75, 3.05) is 20.2 Å². The second kappa shape index (κ2) is 7.38. The third-order valence-electron chi connectivity index (χ3n) is 2.17. The molecule has 7 heteroatoms.